The van der Waals surface area contributed by atoms with Crippen LogP contribution in [-0.4, -0.2) is 31.2 Å². The zero-order valence-electron chi connectivity index (χ0n) is 13.8. The molecule has 0 aliphatic carbocycles. The van der Waals surface area contributed by atoms with Crippen molar-refractivity contribution >= 4 is 17.2 Å². The number of hydrogen-bond donors (Lipinski definition) is 0. The largest absolute Gasteiger partial charge is 0.363 e. The van der Waals surface area contributed by atoms with Gasteiger partial charge in [0.2, 0.25) is 0 Å². The molecule has 4 rings (SSSR count). The van der Waals surface area contributed by atoms with Crippen molar-refractivity contribution in [1.29, 1.82) is 0 Å². The van der Waals surface area contributed by atoms with E-state index in [4.69, 9.17) is 0 Å². The lowest BCUT2D eigenvalue weighted by Gasteiger charge is -2.25. The van der Waals surface area contributed by atoms with Gasteiger partial charge in [-0.3, -0.25) is 4.57 Å². The van der Waals surface area contributed by atoms with Crippen LogP contribution >= 0.6 is 0 Å². The van der Waals surface area contributed by atoms with E-state index in [2.05, 4.69) is 31.6 Å². The van der Waals surface area contributed by atoms with Crippen molar-refractivity contribution in [2.75, 3.05) is 11.4 Å². The van der Waals surface area contributed by atoms with Gasteiger partial charge in [0, 0.05) is 18.5 Å². The fraction of sp³-hybridized carbons (Fsp3) is 0.235. The summed E-state index contributed by atoms with van der Waals surface area (Å²) < 4.78 is 2.07. The summed E-state index contributed by atoms with van der Waals surface area (Å²) in [5.41, 5.74) is 2.79. The maximum atomic E-state index is 10.9. The van der Waals surface area contributed by atoms with Gasteiger partial charge in [0.1, 0.15) is 11.6 Å². The SMILES string of the molecule is Cc1nnc2n1-c1ccccc1N(c1ccc([N+](=O)[O-])nc1)CC2C. The Balaban J connectivity index is 1.87. The molecular formula is C17H16N6O2. The third kappa shape index (κ3) is 2.42. The summed E-state index contributed by atoms with van der Waals surface area (Å²) in [6, 6.07) is 11.2. The van der Waals surface area contributed by atoms with Gasteiger partial charge in [-0.2, -0.15) is 0 Å². The predicted octanol–water partition coefficient (Wildman–Crippen LogP) is 3.13. The molecule has 1 aliphatic rings. The van der Waals surface area contributed by atoms with Crippen LogP contribution in [0.25, 0.3) is 5.69 Å². The van der Waals surface area contributed by atoms with Gasteiger partial charge >= 0.3 is 5.82 Å². The Labute approximate surface area is 143 Å². The Hall–Kier alpha value is -3.29. The third-order valence-corrected chi connectivity index (χ3v) is 4.39. The van der Waals surface area contributed by atoms with E-state index < -0.39 is 4.92 Å². The van der Waals surface area contributed by atoms with Gasteiger partial charge in [-0.25, -0.2) is 0 Å². The highest BCUT2D eigenvalue weighted by molar-refractivity contribution is 5.73. The number of hydrogen-bond acceptors (Lipinski definition) is 6. The normalized spacial score (nSPS) is 16.1. The number of rotatable bonds is 2. The maximum Gasteiger partial charge on any atom is 0.363 e. The molecular weight excluding hydrogens is 320 g/mol. The fourth-order valence-corrected chi connectivity index (χ4v) is 3.22. The molecule has 8 nitrogen and oxygen atoms in total. The Morgan fingerprint density at radius 2 is 1.92 bits per heavy atom. The molecule has 0 amide bonds. The average Bonchev–Trinajstić information content (AvgIpc) is 2.95. The Bertz CT molecular complexity index is 950. The van der Waals surface area contributed by atoms with Crippen molar-refractivity contribution in [3.05, 3.63) is 64.4 Å². The predicted molar refractivity (Wildman–Crippen MR) is 92.4 cm³/mol. The molecule has 0 saturated carbocycles. The van der Waals surface area contributed by atoms with Crippen molar-refractivity contribution in [3.63, 3.8) is 0 Å². The van der Waals surface area contributed by atoms with E-state index in [1.807, 2.05) is 31.2 Å². The van der Waals surface area contributed by atoms with Gasteiger partial charge in [-0.1, -0.05) is 19.1 Å². The number of anilines is 2. The molecule has 0 bridgehead atoms. The molecule has 0 N–H and O–H groups in total. The highest BCUT2D eigenvalue weighted by Crippen LogP contribution is 2.37. The van der Waals surface area contributed by atoms with Crippen LogP contribution in [0.5, 0.6) is 0 Å². The van der Waals surface area contributed by atoms with Crippen LogP contribution in [0.4, 0.5) is 17.2 Å². The zero-order valence-corrected chi connectivity index (χ0v) is 13.8. The highest BCUT2D eigenvalue weighted by Gasteiger charge is 2.28. The standard InChI is InChI=1S/C17H16N6O2/c1-11-10-21(13-7-8-16(18-9-13)23(24)25)14-5-3-4-6-15(14)22-12(2)19-20-17(11)22/h3-9,11H,10H2,1-2H3. The quantitative estimate of drug-likeness (QED) is 0.527. The lowest BCUT2D eigenvalue weighted by molar-refractivity contribution is -0.389. The van der Waals surface area contributed by atoms with Crippen LogP contribution in [0.3, 0.4) is 0 Å². The van der Waals surface area contributed by atoms with Gasteiger partial charge < -0.3 is 15.0 Å². The first-order valence-electron chi connectivity index (χ1n) is 7.95. The topological polar surface area (TPSA) is 90.0 Å². The third-order valence-electron chi connectivity index (χ3n) is 4.39. The summed E-state index contributed by atoms with van der Waals surface area (Å²) in [5.74, 6) is 1.71. The highest BCUT2D eigenvalue weighted by atomic mass is 16.6. The van der Waals surface area contributed by atoms with Crippen molar-refractivity contribution in [2.45, 2.75) is 19.8 Å². The minimum absolute atomic E-state index is 0.129. The van der Waals surface area contributed by atoms with Gasteiger partial charge in [-0.15, -0.1) is 10.2 Å². The zero-order chi connectivity index (χ0) is 17.6. The molecule has 0 radical (unpaired) electrons. The molecule has 8 heteroatoms. The van der Waals surface area contributed by atoms with E-state index in [1.165, 1.54) is 6.07 Å². The van der Waals surface area contributed by atoms with Crippen LogP contribution in [0.1, 0.15) is 24.5 Å². The first kappa shape index (κ1) is 15.3. The Kier molecular flexibility index (Phi) is 3.45. The second-order valence-electron chi connectivity index (χ2n) is 6.07. The summed E-state index contributed by atoms with van der Waals surface area (Å²) in [6.45, 7) is 4.70. The summed E-state index contributed by atoms with van der Waals surface area (Å²) >= 11 is 0. The molecule has 2 aromatic heterocycles. The number of aryl methyl sites for hydroxylation is 1. The van der Waals surface area contributed by atoms with Gasteiger partial charge in [0.25, 0.3) is 0 Å². The second-order valence-corrected chi connectivity index (χ2v) is 6.07. The van der Waals surface area contributed by atoms with Crippen molar-refractivity contribution in [3.8, 4) is 5.69 Å². The Morgan fingerprint density at radius 1 is 1.16 bits per heavy atom. The minimum Gasteiger partial charge on any atom is -0.358 e. The van der Waals surface area contributed by atoms with Crippen molar-refractivity contribution in [2.24, 2.45) is 0 Å². The van der Waals surface area contributed by atoms with E-state index in [0.717, 1.165) is 28.7 Å². The van der Waals surface area contributed by atoms with E-state index in [9.17, 15) is 10.1 Å². The Morgan fingerprint density at radius 3 is 2.60 bits per heavy atom. The molecule has 25 heavy (non-hydrogen) atoms. The lowest BCUT2D eigenvalue weighted by atomic mass is 10.1. The van der Waals surface area contributed by atoms with Crippen LogP contribution in [0, 0.1) is 17.0 Å². The first-order valence-corrected chi connectivity index (χ1v) is 7.95. The molecule has 1 aromatic carbocycles. The number of pyridine rings is 1. The second kappa shape index (κ2) is 5.66. The number of nitro groups is 1. The number of aromatic nitrogens is 4. The van der Waals surface area contributed by atoms with E-state index in [-0.39, 0.29) is 11.7 Å². The van der Waals surface area contributed by atoms with Crippen LogP contribution in [0.15, 0.2) is 42.6 Å². The molecule has 3 aromatic rings. The summed E-state index contributed by atoms with van der Waals surface area (Å²) in [7, 11) is 0. The van der Waals surface area contributed by atoms with Crippen LogP contribution < -0.4 is 4.90 Å². The molecule has 3 heterocycles. The van der Waals surface area contributed by atoms with Crippen LogP contribution in [0.2, 0.25) is 0 Å². The molecule has 0 spiro atoms. The number of para-hydroxylation sites is 2. The molecule has 1 atom stereocenters. The lowest BCUT2D eigenvalue weighted by Crippen LogP contribution is -2.22. The average molecular weight is 336 g/mol. The molecule has 126 valence electrons. The number of fused-ring (bicyclic) bond motifs is 3. The summed E-state index contributed by atoms with van der Waals surface area (Å²) in [6.07, 6.45) is 1.54. The van der Waals surface area contributed by atoms with Crippen molar-refractivity contribution < 1.29 is 4.92 Å². The first-order chi connectivity index (χ1) is 12.1. The van der Waals surface area contributed by atoms with Gasteiger partial charge in [0.15, 0.2) is 6.20 Å². The summed E-state index contributed by atoms with van der Waals surface area (Å²) in [4.78, 5) is 16.4. The smallest absolute Gasteiger partial charge is 0.358 e. The van der Waals surface area contributed by atoms with Gasteiger partial charge in [0.05, 0.1) is 17.1 Å². The molecule has 1 aliphatic heterocycles. The molecule has 1 unspecified atom stereocenters. The van der Waals surface area contributed by atoms with E-state index in [0.29, 0.717) is 6.54 Å². The summed E-state index contributed by atoms with van der Waals surface area (Å²) in [5, 5.41) is 19.4. The van der Waals surface area contributed by atoms with Crippen molar-refractivity contribution in [1.82, 2.24) is 19.7 Å². The monoisotopic (exact) mass is 336 g/mol. The van der Waals surface area contributed by atoms with Gasteiger partial charge in [-0.05, 0) is 35.0 Å². The van der Waals surface area contributed by atoms with E-state index >= 15 is 0 Å². The maximum absolute atomic E-state index is 10.9. The number of nitrogens with zero attached hydrogens (tertiary/aromatic N) is 6. The minimum atomic E-state index is -0.493. The molecule has 0 fully saturated rings. The fourth-order valence-electron chi connectivity index (χ4n) is 3.22. The van der Waals surface area contributed by atoms with Crippen LogP contribution in [-0.2, 0) is 0 Å². The number of benzene rings is 1. The van der Waals surface area contributed by atoms with E-state index in [1.54, 1.807) is 12.3 Å². The molecule has 0 saturated heterocycles.